The van der Waals surface area contributed by atoms with Crippen molar-refractivity contribution in [3.63, 3.8) is 0 Å². The van der Waals surface area contributed by atoms with E-state index in [4.69, 9.17) is 0 Å². The maximum atomic E-state index is 2.45. The first-order valence-corrected chi connectivity index (χ1v) is 15.4. The molecule has 0 bridgehead atoms. The van der Waals surface area contributed by atoms with Crippen molar-refractivity contribution < 1.29 is 0 Å². The molecule has 0 N–H and O–H groups in total. The van der Waals surface area contributed by atoms with E-state index in [0.29, 0.717) is 0 Å². The van der Waals surface area contributed by atoms with Crippen molar-refractivity contribution in [3.8, 4) is 33.4 Å². The van der Waals surface area contributed by atoms with Crippen molar-refractivity contribution in [2.24, 2.45) is 0 Å². The first-order chi connectivity index (χ1) is 21.6. The lowest BCUT2D eigenvalue weighted by molar-refractivity contribution is 0.660. The Labute approximate surface area is 259 Å². The summed E-state index contributed by atoms with van der Waals surface area (Å²) in [5.74, 6) is 0. The normalized spacial score (nSPS) is 13.0. The summed E-state index contributed by atoms with van der Waals surface area (Å²) >= 11 is 0. The third-order valence-electron chi connectivity index (χ3n) is 9.25. The molecule has 1 aliphatic carbocycles. The van der Waals surface area contributed by atoms with E-state index < -0.39 is 0 Å². The van der Waals surface area contributed by atoms with Crippen molar-refractivity contribution in [1.82, 2.24) is 0 Å². The van der Waals surface area contributed by atoms with Gasteiger partial charge in [0, 0.05) is 22.2 Å². The van der Waals surface area contributed by atoms with Gasteiger partial charge in [-0.05, 0) is 86.3 Å². The van der Waals surface area contributed by atoms with Crippen molar-refractivity contribution in [2.45, 2.75) is 19.3 Å². The number of hydrogen-bond donors (Lipinski definition) is 0. The molecule has 0 saturated heterocycles. The van der Waals surface area contributed by atoms with Crippen LogP contribution in [0.25, 0.3) is 44.2 Å². The molecule has 0 saturated carbocycles. The highest BCUT2D eigenvalue weighted by atomic mass is 15.1. The molecule has 0 aromatic heterocycles. The summed E-state index contributed by atoms with van der Waals surface area (Å²) in [5.41, 5.74) is 13.7. The summed E-state index contributed by atoms with van der Waals surface area (Å²) in [6.45, 7) is 4.71. The first kappa shape index (κ1) is 26.2. The quantitative estimate of drug-likeness (QED) is 0.201. The van der Waals surface area contributed by atoms with Gasteiger partial charge in [0.05, 0.1) is 5.69 Å². The molecule has 0 heterocycles. The Hall–Kier alpha value is -5.40. The molecular weight excluding hydrogens is 530 g/mol. The molecule has 0 aliphatic heterocycles. The second-order valence-electron chi connectivity index (χ2n) is 12.2. The zero-order valence-electron chi connectivity index (χ0n) is 25.0. The van der Waals surface area contributed by atoms with E-state index in [1.54, 1.807) is 0 Å². The van der Waals surface area contributed by atoms with Gasteiger partial charge >= 0.3 is 0 Å². The molecule has 0 radical (unpaired) electrons. The van der Waals surface area contributed by atoms with E-state index in [-0.39, 0.29) is 5.41 Å². The second kappa shape index (κ2) is 10.4. The number of benzene rings is 7. The van der Waals surface area contributed by atoms with Crippen LogP contribution in [0.1, 0.15) is 25.0 Å². The fourth-order valence-corrected chi connectivity index (χ4v) is 6.96. The minimum Gasteiger partial charge on any atom is -0.310 e. The topological polar surface area (TPSA) is 3.24 Å². The maximum Gasteiger partial charge on any atom is 0.0546 e. The monoisotopic (exact) mass is 563 g/mol. The highest BCUT2D eigenvalue weighted by Crippen LogP contribution is 2.51. The van der Waals surface area contributed by atoms with Crippen molar-refractivity contribution >= 4 is 27.8 Å². The van der Waals surface area contributed by atoms with Crippen LogP contribution in [0.3, 0.4) is 0 Å². The summed E-state index contributed by atoms with van der Waals surface area (Å²) in [4.78, 5) is 2.45. The SMILES string of the molecule is CC1(C)c2ccccc2-c2ccc(N(c3ccc(-c4ccccc4)cc3)c3cc(-c4ccccc4)cc4ccccc34)cc21. The summed E-state index contributed by atoms with van der Waals surface area (Å²) in [7, 11) is 0. The van der Waals surface area contributed by atoms with Crippen molar-refractivity contribution in [2.75, 3.05) is 4.90 Å². The Morgan fingerprint density at radius 3 is 1.73 bits per heavy atom. The molecule has 1 nitrogen and oxygen atoms in total. The van der Waals surface area contributed by atoms with Crippen LogP contribution in [0.5, 0.6) is 0 Å². The van der Waals surface area contributed by atoms with Gasteiger partial charge in [0.1, 0.15) is 0 Å². The summed E-state index contributed by atoms with van der Waals surface area (Å²) in [5, 5.41) is 2.45. The Balaban J connectivity index is 1.36. The molecule has 0 fully saturated rings. The van der Waals surface area contributed by atoms with Gasteiger partial charge in [-0.1, -0.05) is 141 Å². The van der Waals surface area contributed by atoms with Crippen LogP contribution in [0.15, 0.2) is 164 Å². The standard InChI is InChI=1S/C43H33N/c1-43(2)40-20-12-11-19-38(40)39-26-25-36(29-41(39)43)44(35-23-21-32(22-24-35)30-13-5-3-6-14-30)42-28-34(31-15-7-4-8-16-31)27-33-17-9-10-18-37(33)42/h3-29H,1-2H3. The Morgan fingerprint density at radius 2 is 0.977 bits per heavy atom. The van der Waals surface area contributed by atoms with Crippen LogP contribution in [0.2, 0.25) is 0 Å². The second-order valence-corrected chi connectivity index (χ2v) is 12.2. The number of nitrogens with zero attached hydrogens (tertiary/aromatic N) is 1. The van der Waals surface area contributed by atoms with Crippen molar-refractivity contribution in [1.29, 1.82) is 0 Å². The van der Waals surface area contributed by atoms with Gasteiger partial charge in [-0.2, -0.15) is 0 Å². The van der Waals surface area contributed by atoms with Crippen LogP contribution >= 0.6 is 0 Å². The molecule has 0 unspecified atom stereocenters. The van der Waals surface area contributed by atoms with E-state index in [1.165, 1.54) is 61.0 Å². The van der Waals surface area contributed by atoms with Crippen LogP contribution in [-0.2, 0) is 5.41 Å². The number of anilines is 3. The van der Waals surface area contributed by atoms with E-state index in [0.717, 1.165) is 11.4 Å². The van der Waals surface area contributed by atoms with E-state index in [2.05, 4.69) is 183 Å². The molecule has 8 rings (SSSR count). The molecule has 1 heteroatoms. The molecule has 7 aromatic carbocycles. The average molecular weight is 564 g/mol. The lowest BCUT2D eigenvalue weighted by Gasteiger charge is -2.29. The Bertz CT molecular complexity index is 2120. The number of rotatable bonds is 5. The highest BCUT2D eigenvalue weighted by Gasteiger charge is 2.35. The summed E-state index contributed by atoms with van der Waals surface area (Å²) in [6, 6.07) is 59.7. The predicted octanol–water partition coefficient (Wildman–Crippen LogP) is 11.9. The van der Waals surface area contributed by atoms with Crippen LogP contribution in [0, 0.1) is 0 Å². The van der Waals surface area contributed by atoms with E-state index in [1.807, 2.05) is 0 Å². The Morgan fingerprint density at radius 1 is 0.409 bits per heavy atom. The maximum absolute atomic E-state index is 2.45. The minimum atomic E-state index is -0.0846. The zero-order chi connectivity index (χ0) is 29.7. The molecule has 210 valence electrons. The fraction of sp³-hybridized carbons (Fsp3) is 0.0698. The third-order valence-corrected chi connectivity index (χ3v) is 9.25. The van der Waals surface area contributed by atoms with Gasteiger partial charge in [-0.25, -0.2) is 0 Å². The molecule has 44 heavy (non-hydrogen) atoms. The number of hydrogen-bond acceptors (Lipinski definition) is 1. The van der Waals surface area contributed by atoms with Crippen LogP contribution in [-0.4, -0.2) is 0 Å². The lowest BCUT2D eigenvalue weighted by Crippen LogP contribution is -2.16. The van der Waals surface area contributed by atoms with Gasteiger partial charge in [0.2, 0.25) is 0 Å². The van der Waals surface area contributed by atoms with Crippen LogP contribution < -0.4 is 4.90 Å². The minimum absolute atomic E-state index is 0.0846. The van der Waals surface area contributed by atoms with Gasteiger partial charge in [-0.15, -0.1) is 0 Å². The fourth-order valence-electron chi connectivity index (χ4n) is 6.96. The molecule has 7 aromatic rings. The summed E-state index contributed by atoms with van der Waals surface area (Å²) < 4.78 is 0. The molecule has 0 amide bonds. The molecular formula is C43H33N. The van der Waals surface area contributed by atoms with E-state index in [9.17, 15) is 0 Å². The lowest BCUT2D eigenvalue weighted by atomic mass is 9.82. The zero-order valence-corrected chi connectivity index (χ0v) is 25.0. The summed E-state index contributed by atoms with van der Waals surface area (Å²) in [6.07, 6.45) is 0. The first-order valence-electron chi connectivity index (χ1n) is 15.4. The van der Waals surface area contributed by atoms with Gasteiger partial charge in [0.15, 0.2) is 0 Å². The van der Waals surface area contributed by atoms with Crippen molar-refractivity contribution in [3.05, 3.63) is 175 Å². The van der Waals surface area contributed by atoms with Crippen LogP contribution in [0.4, 0.5) is 17.1 Å². The highest BCUT2D eigenvalue weighted by molar-refractivity contribution is 6.02. The molecule has 1 aliphatic rings. The average Bonchev–Trinajstić information content (AvgIpc) is 3.32. The molecule has 0 spiro atoms. The van der Waals surface area contributed by atoms with Gasteiger partial charge in [-0.3, -0.25) is 0 Å². The van der Waals surface area contributed by atoms with Gasteiger partial charge in [0.25, 0.3) is 0 Å². The largest absolute Gasteiger partial charge is 0.310 e. The third kappa shape index (κ3) is 4.32. The Kier molecular flexibility index (Phi) is 6.20. The predicted molar refractivity (Wildman–Crippen MR) is 187 cm³/mol. The van der Waals surface area contributed by atoms with Gasteiger partial charge < -0.3 is 4.90 Å². The smallest absolute Gasteiger partial charge is 0.0546 e. The van der Waals surface area contributed by atoms with E-state index >= 15 is 0 Å². The number of fused-ring (bicyclic) bond motifs is 4. The molecule has 0 atom stereocenters.